The first-order chi connectivity index (χ1) is 15.5. The van der Waals surface area contributed by atoms with Gasteiger partial charge in [-0.05, 0) is 49.0 Å². The van der Waals surface area contributed by atoms with Crippen molar-refractivity contribution in [1.29, 1.82) is 0 Å². The van der Waals surface area contributed by atoms with Gasteiger partial charge in [0, 0.05) is 24.5 Å². The van der Waals surface area contributed by atoms with Gasteiger partial charge in [-0.2, -0.15) is 0 Å². The molecule has 2 atom stereocenters. The summed E-state index contributed by atoms with van der Waals surface area (Å²) < 4.78 is 5.32. The van der Waals surface area contributed by atoms with E-state index in [1.54, 1.807) is 17.0 Å². The van der Waals surface area contributed by atoms with Crippen molar-refractivity contribution in [3.05, 3.63) is 94.4 Å². The maximum absolute atomic E-state index is 13.3. The number of benzene rings is 2. The van der Waals surface area contributed by atoms with Crippen molar-refractivity contribution in [3.8, 4) is 0 Å². The van der Waals surface area contributed by atoms with E-state index >= 15 is 0 Å². The highest BCUT2D eigenvalue weighted by Crippen LogP contribution is 2.27. The number of fused-ring (bicyclic) bond motifs is 1. The summed E-state index contributed by atoms with van der Waals surface area (Å²) in [4.78, 5) is 30.1. The molecule has 0 saturated heterocycles. The molecule has 7 heteroatoms. The molecule has 0 saturated carbocycles. The summed E-state index contributed by atoms with van der Waals surface area (Å²) in [5, 5.41) is 3.71. The van der Waals surface area contributed by atoms with Crippen molar-refractivity contribution >= 4 is 23.4 Å². The highest BCUT2D eigenvalue weighted by molar-refractivity contribution is 6.31. The van der Waals surface area contributed by atoms with E-state index < -0.39 is 6.04 Å². The Morgan fingerprint density at radius 2 is 1.81 bits per heavy atom. The monoisotopic (exact) mass is 451 g/mol. The average Bonchev–Trinajstić information content (AvgIpc) is 3.33. The van der Waals surface area contributed by atoms with E-state index in [9.17, 15) is 9.59 Å². The van der Waals surface area contributed by atoms with E-state index in [2.05, 4.69) is 5.32 Å². The Balaban J connectivity index is 1.56. The molecule has 0 radical (unpaired) electrons. The van der Waals surface area contributed by atoms with Crippen LogP contribution in [0.4, 0.5) is 0 Å². The first-order valence-electron chi connectivity index (χ1n) is 10.6. The summed E-state index contributed by atoms with van der Waals surface area (Å²) in [5.41, 5.74) is 3.06. The predicted octanol–water partition coefficient (Wildman–Crippen LogP) is 3.92. The van der Waals surface area contributed by atoms with Crippen molar-refractivity contribution in [3.63, 3.8) is 0 Å². The summed E-state index contributed by atoms with van der Waals surface area (Å²) in [6, 6.07) is 18.1. The molecule has 2 amide bonds. The van der Waals surface area contributed by atoms with Crippen LogP contribution in [0.1, 0.15) is 33.3 Å². The molecule has 0 fully saturated rings. The summed E-state index contributed by atoms with van der Waals surface area (Å²) >= 11 is 6.40. The van der Waals surface area contributed by atoms with Crippen molar-refractivity contribution in [1.82, 2.24) is 15.1 Å². The quantitative estimate of drug-likeness (QED) is 0.617. The van der Waals surface area contributed by atoms with Crippen LogP contribution in [0.5, 0.6) is 0 Å². The molecule has 2 aromatic carbocycles. The van der Waals surface area contributed by atoms with Gasteiger partial charge in [-0.15, -0.1) is 0 Å². The largest absolute Gasteiger partial charge is 0.459 e. The van der Waals surface area contributed by atoms with Crippen LogP contribution in [0, 0.1) is 0 Å². The molecular formula is C25H26ClN3O3. The van der Waals surface area contributed by atoms with Crippen LogP contribution in [0.3, 0.4) is 0 Å². The van der Waals surface area contributed by atoms with Crippen LogP contribution in [-0.2, 0) is 17.8 Å². The van der Waals surface area contributed by atoms with Gasteiger partial charge in [-0.1, -0.05) is 54.1 Å². The maximum atomic E-state index is 13.3. The minimum absolute atomic E-state index is 0.0993. The third kappa shape index (κ3) is 4.56. The van der Waals surface area contributed by atoms with E-state index in [0.29, 0.717) is 24.5 Å². The molecule has 1 aliphatic rings. The standard InChI is InChI=1S/C25H26ClN3O3/c1-28(2)22(19-10-5-6-11-20(19)26)15-27-24(30)21-14-17-8-3-4-9-18(17)16-29(21)25(31)23-12-7-13-32-23/h3-13,21-22H,14-16H2,1-2H3,(H,27,30). The minimum Gasteiger partial charge on any atom is -0.459 e. The topological polar surface area (TPSA) is 65.8 Å². The Kier molecular flexibility index (Phi) is 6.63. The Bertz CT molecular complexity index is 1100. The molecule has 1 N–H and O–H groups in total. The number of carbonyl (C=O) groups excluding carboxylic acids is 2. The second-order valence-electron chi connectivity index (χ2n) is 8.15. The molecule has 3 aromatic rings. The molecule has 0 bridgehead atoms. The summed E-state index contributed by atoms with van der Waals surface area (Å²) in [5.74, 6) is -0.261. The first-order valence-corrected chi connectivity index (χ1v) is 10.9. The van der Waals surface area contributed by atoms with E-state index in [-0.39, 0.29) is 23.6 Å². The summed E-state index contributed by atoms with van der Waals surface area (Å²) in [6.45, 7) is 0.728. The SMILES string of the molecule is CN(C)C(CNC(=O)C1Cc2ccccc2CN1C(=O)c1ccco1)c1ccccc1Cl. The van der Waals surface area contributed by atoms with Crippen LogP contribution in [0.15, 0.2) is 71.3 Å². The van der Waals surface area contributed by atoms with Crippen LogP contribution in [-0.4, -0.2) is 48.3 Å². The number of carbonyl (C=O) groups is 2. The number of likely N-dealkylation sites (N-methyl/N-ethyl adjacent to an activating group) is 1. The van der Waals surface area contributed by atoms with Crippen LogP contribution >= 0.6 is 11.6 Å². The molecule has 1 aromatic heterocycles. The lowest BCUT2D eigenvalue weighted by molar-refractivity contribution is -0.126. The summed E-state index contributed by atoms with van der Waals surface area (Å²) in [7, 11) is 3.90. The zero-order valence-corrected chi connectivity index (χ0v) is 18.9. The van der Waals surface area contributed by atoms with Gasteiger partial charge in [0.25, 0.3) is 5.91 Å². The minimum atomic E-state index is -0.628. The molecule has 0 spiro atoms. The third-order valence-electron chi connectivity index (χ3n) is 5.90. The van der Waals surface area contributed by atoms with Crippen molar-refractivity contribution in [2.45, 2.75) is 25.0 Å². The molecular weight excluding hydrogens is 426 g/mol. The number of amides is 2. The average molecular weight is 452 g/mol. The molecule has 0 aliphatic carbocycles. The third-order valence-corrected chi connectivity index (χ3v) is 6.25. The Labute approximate surface area is 192 Å². The second-order valence-corrected chi connectivity index (χ2v) is 8.55. The van der Waals surface area contributed by atoms with Crippen LogP contribution in [0.2, 0.25) is 5.02 Å². The highest BCUT2D eigenvalue weighted by Gasteiger charge is 2.36. The number of hydrogen-bond acceptors (Lipinski definition) is 4. The number of nitrogens with zero attached hydrogens (tertiary/aromatic N) is 2. The van der Waals surface area contributed by atoms with Gasteiger partial charge in [0.05, 0.1) is 12.3 Å². The van der Waals surface area contributed by atoms with Gasteiger partial charge in [0.2, 0.25) is 5.91 Å². The van der Waals surface area contributed by atoms with Crippen molar-refractivity contribution in [2.24, 2.45) is 0 Å². The number of hydrogen-bond donors (Lipinski definition) is 1. The summed E-state index contributed by atoms with van der Waals surface area (Å²) in [6.07, 6.45) is 1.92. The van der Waals surface area contributed by atoms with Crippen LogP contribution in [0.25, 0.3) is 0 Å². The fraction of sp³-hybridized carbons (Fsp3) is 0.280. The van der Waals surface area contributed by atoms with E-state index in [1.165, 1.54) is 6.26 Å². The molecule has 6 nitrogen and oxygen atoms in total. The van der Waals surface area contributed by atoms with E-state index in [1.807, 2.05) is 67.5 Å². The second kappa shape index (κ2) is 9.59. The predicted molar refractivity (Wildman–Crippen MR) is 123 cm³/mol. The number of halogens is 1. The van der Waals surface area contributed by atoms with Gasteiger partial charge in [-0.25, -0.2) is 0 Å². The van der Waals surface area contributed by atoms with Gasteiger partial charge in [0.15, 0.2) is 5.76 Å². The lowest BCUT2D eigenvalue weighted by atomic mass is 9.93. The smallest absolute Gasteiger partial charge is 0.290 e. The fourth-order valence-electron chi connectivity index (χ4n) is 4.14. The fourth-order valence-corrected chi connectivity index (χ4v) is 4.41. The zero-order valence-electron chi connectivity index (χ0n) is 18.1. The molecule has 4 rings (SSSR count). The van der Waals surface area contributed by atoms with Crippen molar-refractivity contribution in [2.75, 3.05) is 20.6 Å². The molecule has 1 aliphatic heterocycles. The zero-order chi connectivity index (χ0) is 22.7. The van der Waals surface area contributed by atoms with Gasteiger partial charge < -0.3 is 19.5 Å². The maximum Gasteiger partial charge on any atom is 0.290 e. The Hall–Kier alpha value is -3.09. The van der Waals surface area contributed by atoms with E-state index in [4.69, 9.17) is 16.0 Å². The first kappa shape index (κ1) is 22.1. The lowest BCUT2D eigenvalue weighted by Gasteiger charge is -2.36. The van der Waals surface area contributed by atoms with Gasteiger partial charge in [0.1, 0.15) is 6.04 Å². The Morgan fingerprint density at radius 3 is 2.50 bits per heavy atom. The lowest BCUT2D eigenvalue weighted by Crippen LogP contribution is -2.53. The highest BCUT2D eigenvalue weighted by atomic mass is 35.5. The number of rotatable bonds is 6. The van der Waals surface area contributed by atoms with Crippen molar-refractivity contribution < 1.29 is 14.0 Å². The molecule has 166 valence electrons. The van der Waals surface area contributed by atoms with Gasteiger partial charge in [-0.3, -0.25) is 9.59 Å². The van der Waals surface area contributed by atoms with Crippen LogP contribution < -0.4 is 5.32 Å². The Morgan fingerprint density at radius 1 is 1.09 bits per heavy atom. The van der Waals surface area contributed by atoms with E-state index in [0.717, 1.165) is 16.7 Å². The van der Waals surface area contributed by atoms with Gasteiger partial charge >= 0.3 is 0 Å². The molecule has 2 unspecified atom stereocenters. The number of furan rings is 1. The molecule has 2 heterocycles. The normalized spacial score (nSPS) is 16.5. The number of nitrogens with one attached hydrogen (secondary N) is 1. The molecule has 32 heavy (non-hydrogen) atoms.